The van der Waals surface area contributed by atoms with Crippen molar-refractivity contribution >= 4 is 17.5 Å². The molecule has 0 saturated carbocycles. The zero-order valence-corrected chi connectivity index (χ0v) is 9.46. The van der Waals surface area contributed by atoms with Gasteiger partial charge in [-0.3, -0.25) is 9.79 Å². The molecule has 0 bridgehead atoms. The summed E-state index contributed by atoms with van der Waals surface area (Å²) in [5.74, 6) is -0.608. The summed E-state index contributed by atoms with van der Waals surface area (Å²) in [6, 6.07) is 0. The maximum absolute atomic E-state index is 11.6. The van der Waals surface area contributed by atoms with Gasteiger partial charge in [0, 0.05) is 6.20 Å². The molecule has 0 spiro atoms. The van der Waals surface area contributed by atoms with Crippen LogP contribution in [0.5, 0.6) is 0 Å². The van der Waals surface area contributed by atoms with E-state index in [0.29, 0.717) is 0 Å². The van der Waals surface area contributed by atoms with Gasteiger partial charge in [0.2, 0.25) is 0 Å². The fourth-order valence-electron chi connectivity index (χ4n) is 1.51. The lowest BCUT2D eigenvalue weighted by Crippen LogP contribution is -2.39. The number of ether oxygens (including phenoxy) is 1. The van der Waals surface area contributed by atoms with Gasteiger partial charge < -0.3 is 4.74 Å². The molecular weight excluding hydrogens is 194 g/mol. The number of hydrogen-bond acceptors (Lipinski definition) is 4. The molecule has 1 heterocycles. The summed E-state index contributed by atoms with van der Waals surface area (Å²) in [7, 11) is 0. The largest absolute Gasteiger partial charge is 0.461 e. The van der Waals surface area contributed by atoms with Gasteiger partial charge in [0.05, 0.1) is 12.0 Å². The predicted octanol–water partition coefficient (Wildman–Crippen LogP) is 1.50. The van der Waals surface area contributed by atoms with Crippen LogP contribution in [-0.4, -0.2) is 24.1 Å². The van der Waals surface area contributed by atoms with E-state index in [0.717, 1.165) is 5.57 Å². The molecule has 4 nitrogen and oxygen atoms in total. The predicted molar refractivity (Wildman–Crippen MR) is 56.6 cm³/mol. The number of esters is 1. The van der Waals surface area contributed by atoms with Crippen LogP contribution < -0.4 is 0 Å². The molecule has 1 atom stereocenters. The van der Waals surface area contributed by atoms with Crippen LogP contribution >= 0.6 is 0 Å². The first-order valence-electron chi connectivity index (χ1n) is 4.88. The summed E-state index contributed by atoms with van der Waals surface area (Å²) in [5, 5.41) is 0. The number of allylic oxidation sites excluding steroid dienone is 1. The molecule has 0 radical (unpaired) electrons. The van der Waals surface area contributed by atoms with Crippen LogP contribution in [0, 0.1) is 5.41 Å². The van der Waals surface area contributed by atoms with Crippen LogP contribution in [0.15, 0.2) is 16.8 Å². The maximum Gasteiger partial charge on any atom is 0.354 e. The quantitative estimate of drug-likeness (QED) is 0.662. The zero-order valence-electron chi connectivity index (χ0n) is 9.46. The van der Waals surface area contributed by atoms with Crippen molar-refractivity contribution in [1.82, 2.24) is 0 Å². The number of rotatable bonds is 3. The van der Waals surface area contributed by atoms with Crippen molar-refractivity contribution in [2.24, 2.45) is 10.4 Å². The van der Waals surface area contributed by atoms with Gasteiger partial charge in [-0.25, -0.2) is 4.79 Å². The third-order valence-corrected chi connectivity index (χ3v) is 2.82. The van der Waals surface area contributed by atoms with E-state index < -0.39 is 11.4 Å². The topological polar surface area (TPSA) is 55.7 Å². The zero-order chi connectivity index (χ0) is 11.6. The van der Waals surface area contributed by atoms with E-state index in [9.17, 15) is 9.59 Å². The van der Waals surface area contributed by atoms with Crippen molar-refractivity contribution in [1.29, 1.82) is 0 Å². The fourth-order valence-corrected chi connectivity index (χ4v) is 1.51. The standard InChI is InChI=1S/C11H15NO3/c1-5-15-10(14)9-11(4,8(3)13)7(2)6-12-9/h6H,5H2,1-4H3. The molecule has 15 heavy (non-hydrogen) atoms. The van der Waals surface area contributed by atoms with Crippen LogP contribution in [0.3, 0.4) is 0 Å². The van der Waals surface area contributed by atoms with Gasteiger partial charge in [-0.05, 0) is 33.3 Å². The summed E-state index contributed by atoms with van der Waals surface area (Å²) in [6.07, 6.45) is 1.55. The second kappa shape index (κ2) is 3.96. The van der Waals surface area contributed by atoms with E-state index in [2.05, 4.69) is 4.99 Å². The number of Topliss-reactive ketones (excluding diaryl/α,β-unsaturated/α-hetero) is 1. The number of aliphatic imine (C=N–C) groups is 1. The van der Waals surface area contributed by atoms with Crippen LogP contribution in [-0.2, 0) is 14.3 Å². The van der Waals surface area contributed by atoms with Crippen LogP contribution in [0.25, 0.3) is 0 Å². The highest BCUT2D eigenvalue weighted by Gasteiger charge is 2.44. The van der Waals surface area contributed by atoms with Crippen molar-refractivity contribution < 1.29 is 14.3 Å². The molecule has 0 saturated heterocycles. The van der Waals surface area contributed by atoms with Gasteiger partial charge in [0.25, 0.3) is 0 Å². The Morgan fingerprint density at radius 2 is 2.13 bits per heavy atom. The van der Waals surface area contributed by atoms with Crippen molar-refractivity contribution in [3.63, 3.8) is 0 Å². The SMILES string of the molecule is CCOC(=O)C1=NC=C(C)C1(C)C(C)=O. The van der Waals surface area contributed by atoms with Crippen LogP contribution in [0.1, 0.15) is 27.7 Å². The van der Waals surface area contributed by atoms with Gasteiger partial charge in [-0.15, -0.1) is 0 Å². The molecule has 0 aromatic carbocycles. The molecule has 1 aliphatic rings. The second-order valence-electron chi connectivity index (χ2n) is 3.69. The first kappa shape index (κ1) is 11.6. The lowest BCUT2D eigenvalue weighted by atomic mass is 9.77. The smallest absolute Gasteiger partial charge is 0.354 e. The Labute approximate surface area is 89.0 Å². The molecule has 4 heteroatoms. The normalized spacial score (nSPS) is 24.5. The molecule has 0 amide bonds. The van der Waals surface area contributed by atoms with Gasteiger partial charge in [-0.2, -0.15) is 0 Å². The summed E-state index contributed by atoms with van der Waals surface area (Å²) in [6.45, 7) is 6.95. The third-order valence-electron chi connectivity index (χ3n) is 2.82. The van der Waals surface area contributed by atoms with Crippen molar-refractivity contribution in [2.75, 3.05) is 6.61 Å². The average molecular weight is 209 g/mol. The van der Waals surface area contributed by atoms with Gasteiger partial charge in [-0.1, -0.05) is 0 Å². The molecular formula is C11H15NO3. The lowest BCUT2D eigenvalue weighted by molar-refractivity contribution is -0.136. The Bertz CT molecular complexity index is 368. The number of nitrogens with zero attached hydrogens (tertiary/aromatic N) is 1. The number of carbonyl (C=O) groups is 2. The highest BCUT2D eigenvalue weighted by atomic mass is 16.5. The Balaban J connectivity index is 3.04. The molecule has 82 valence electrons. The number of hydrogen-bond donors (Lipinski definition) is 0. The first-order chi connectivity index (χ1) is 6.94. The Morgan fingerprint density at radius 1 is 1.53 bits per heavy atom. The minimum absolute atomic E-state index is 0.0967. The Morgan fingerprint density at radius 3 is 2.60 bits per heavy atom. The molecule has 0 aromatic rings. The maximum atomic E-state index is 11.6. The highest BCUT2D eigenvalue weighted by molar-refractivity contribution is 6.44. The van der Waals surface area contributed by atoms with Crippen LogP contribution in [0.4, 0.5) is 0 Å². The van der Waals surface area contributed by atoms with E-state index in [1.54, 1.807) is 27.0 Å². The second-order valence-corrected chi connectivity index (χ2v) is 3.69. The van der Waals surface area contributed by atoms with E-state index in [-0.39, 0.29) is 18.1 Å². The van der Waals surface area contributed by atoms with Crippen LogP contribution in [0.2, 0.25) is 0 Å². The number of ketones is 1. The highest BCUT2D eigenvalue weighted by Crippen LogP contribution is 2.34. The van der Waals surface area contributed by atoms with E-state index in [1.165, 1.54) is 6.92 Å². The Kier molecular flexibility index (Phi) is 3.07. The summed E-state index contributed by atoms with van der Waals surface area (Å²) >= 11 is 0. The van der Waals surface area contributed by atoms with Crippen molar-refractivity contribution in [2.45, 2.75) is 27.7 Å². The minimum Gasteiger partial charge on any atom is -0.461 e. The average Bonchev–Trinajstić information content (AvgIpc) is 2.45. The Hall–Kier alpha value is -1.45. The summed E-state index contributed by atoms with van der Waals surface area (Å²) in [4.78, 5) is 27.1. The van der Waals surface area contributed by atoms with Gasteiger partial charge >= 0.3 is 5.97 Å². The first-order valence-corrected chi connectivity index (χ1v) is 4.88. The van der Waals surface area contributed by atoms with Gasteiger partial charge in [0.1, 0.15) is 11.5 Å². The van der Waals surface area contributed by atoms with Crippen molar-refractivity contribution in [3.05, 3.63) is 11.8 Å². The van der Waals surface area contributed by atoms with Crippen molar-refractivity contribution in [3.8, 4) is 0 Å². The molecule has 0 aromatic heterocycles. The number of carbonyl (C=O) groups excluding carboxylic acids is 2. The molecule has 1 aliphatic heterocycles. The minimum atomic E-state index is -0.910. The summed E-state index contributed by atoms with van der Waals surface area (Å²) < 4.78 is 4.86. The molecule has 1 unspecified atom stereocenters. The molecule has 0 aliphatic carbocycles. The molecule has 0 N–H and O–H groups in total. The van der Waals surface area contributed by atoms with E-state index >= 15 is 0 Å². The molecule has 0 fully saturated rings. The summed E-state index contributed by atoms with van der Waals surface area (Å²) in [5.41, 5.74) is 0.0547. The third kappa shape index (κ3) is 1.71. The fraction of sp³-hybridized carbons (Fsp3) is 0.545. The molecule has 1 rings (SSSR count). The lowest BCUT2D eigenvalue weighted by Gasteiger charge is -2.23. The van der Waals surface area contributed by atoms with E-state index in [4.69, 9.17) is 4.74 Å². The van der Waals surface area contributed by atoms with E-state index in [1.807, 2.05) is 0 Å². The monoisotopic (exact) mass is 209 g/mol. The van der Waals surface area contributed by atoms with Gasteiger partial charge in [0.15, 0.2) is 0 Å².